The van der Waals surface area contributed by atoms with Crippen molar-refractivity contribution in [3.8, 4) is 6.07 Å². The highest BCUT2D eigenvalue weighted by molar-refractivity contribution is 6.09. The number of hydrogen-bond acceptors (Lipinski definition) is 3. The van der Waals surface area contributed by atoms with Gasteiger partial charge in [-0.1, -0.05) is 6.07 Å². The van der Waals surface area contributed by atoms with E-state index in [4.69, 9.17) is 19.7 Å². The molecule has 0 saturated carbocycles. The van der Waals surface area contributed by atoms with Crippen molar-refractivity contribution in [2.24, 2.45) is 14.1 Å². The molecule has 0 aliphatic rings. The van der Waals surface area contributed by atoms with Gasteiger partial charge in [-0.2, -0.15) is 9.69 Å². The van der Waals surface area contributed by atoms with E-state index < -0.39 is 0 Å². The highest BCUT2D eigenvalue weighted by Gasteiger charge is 2.16. The van der Waals surface area contributed by atoms with Gasteiger partial charge in [0.1, 0.15) is 18.6 Å². The standard InChI is InChI=1S/C20H10N8/c1-22-15(10-21)19-25-13-7-6-11-8-14-16(9-12(11)17(13)28(19)5)27(4)20(26-14)18(23-2)24-3/h6-9H,4-5H3/b19-15-. The molecule has 0 spiro atoms. The van der Waals surface area contributed by atoms with Crippen LogP contribution >= 0.6 is 0 Å². The Balaban J connectivity index is 2.24. The number of rotatable bonds is 0. The van der Waals surface area contributed by atoms with Crippen LogP contribution in [0.2, 0.25) is 0 Å². The van der Waals surface area contributed by atoms with Gasteiger partial charge >= 0.3 is 11.5 Å². The molecule has 0 bridgehead atoms. The summed E-state index contributed by atoms with van der Waals surface area (Å²) in [5, 5.41) is 11.0. The maximum Gasteiger partial charge on any atom is 0.562 e. The number of benzene rings is 2. The van der Waals surface area contributed by atoms with Crippen LogP contribution in [0.15, 0.2) is 24.3 Å². The first kappa shape index (κ1) is 16.8. The Morgan fingerprint density at radius 3 is 2.32 bits per heavy atom. The van der Waals surface area contributed by atoms with Crippen LogP contribution in [0.5, 0.6) is 0 Å². The lowest BCUT2D eigenvalue weighted by molar-refractivity contribution is 0.895. The van der Waals surface area contributed by atoms with Crippen molar-refractivity contribution < 1.29 is 0 Å². The summed E-state index contributed by atoms with van der Waals surface area (Å²) in [4.78, 5) is 18.7. The van der Waals surface area contributed by atoms with E-state index in [0.717, 1.165) is 21.8 Å². The molecular weight excluding hydrogens is 352 g/mol. The number of aromatic nitrogens is 4. The van der Waals surface area contributed by atoms with Crippen molar-refractivity contribution in [2.45, 2.75) is 0 Å². The Morgan fingerprint density at radius 1 is 0.964 bits per heavy atom. The normalized spacial score (nSPS) is 11.6. The first-order valence-corrected chi connectivity index (χ1v) is 8.06. The fraction of sp³-hybridized carbons (Fsp3) is 0.100. The predicted octanol–water partition coefficient (Wildman–Crippen LogP) is 2.07. The quantitative estimate of drug-likeness (QED) is 0.450. The molecule has 2 aromatic carbocycles. The third-order valence-electron chi connectivity index (χ3n) is 4.69. The summed E-state index contributed by atoms with van der Waals surface area (Å²) in [6.45, 7) is 21.6. The van der Waals surface area contributed by atoms with Crippen LogP contribution in [0.1, 0.15) is 0 Å². The average Bonchev–Trinajstić information content (AvgIpc) is 3.20. The van der Waals surface area contributed by atoms with Gasteiger partial charge < -0.3 is 9.13 Å². The van der Waals surface area contributed by atoms with Crippen LogP contribution < -0.4 is 11.0 Å². The van der Waals surface area contributed by atoms with Crippen molar-refractivity contribution in [1.82, 2.24) is 19.1 Å². The zero-order valence-electron chi connectivity index (χ0n) is 14.9. The second-order valence-electron chi connectivity index (χ2n) is 6.10. The molecule has 0 unspecified atom stereocenters. The van der Waals surface area contributed by atoms with Gasteiger partial charge in [-0.3, -0.25) is 0 Å². The number of aryl methyl sites for hydroxylation is 2. The van der Waals surface area contributed by atoms with Crippen LogP contribution in [-0.4, -0.2) is 19.1 Å². The van der Waals surface area contributed by atoms with Crippen LogP contribution in [0.4, 0.5) is 0 Å². The second kappa shape index (κ2) is 5.95. The molecule has 4 aromatic rings. The third kappa shape index (κ3) is 2.13. The molecule has 8 nitrogen and oxygen atoms in total. The highest BCUT2D eigenvalue weighted by atomic mass is 15.1. The zero-order chi connectivity index (χ0) is 20.0. The minimum atomic E-state index is -0.0824. The molecule has 2 aromatic heterocycles. The molecule has 4 rings (SSSR count). The zero-order valence-corrected chi connectivity index (χ0v) is 14.9. The summed E-state index contributed by atoms with van der Waals surface area (Å²) in [5.41, 5.74) is 3.52. The van der Waals surface area contributed by atoms with Crippen LogP contribution in [0, 0.1) is 31.0 Å². The first-order chi connectivity index (χ1) is 13.5. The van der Waals surface area contributed by atoms with Crippen molar-refractivity contribution in [3.05, 3.63) is 69.5 Å². The summed E-state index contributed by atoms with van der Waals surface area (Å²) in [6, 6.07) is 9.47. The lowest BCUT2D eigenvalue weighted by atomic mass is 10.1. The number of nitriles is 1. The molecular formula is C20H10N8. The Morgan fingerprint density at radius 2 is 1.68 bits per heavy atom. The Bertz CT molecular complexity index is 1590. The van der Waals surface area contributed by atoms with E-state index in [-0.39, 0.29) is 11.5 Å². The predicted molar refractivity (Wildman–Crippen MR) is 104 cm³/mol. The molecule has 0 atom stereocenters. The van der Waals surface area contributed by atoms with E-state index in [0.29, 0.717) is 22.0 Å². The van der Waals surface area contributed by atoms with Gasteiger partial charge in [0.25, 0.3) is 0 Å². The Kier molecular flexibility index (Phi) is 3.57. The smallest absolute Gasteiger partial charge is 0.335 e. The molecule has 0 saturated heterocycles. The van der Waals surface area contributed by atoms with E-state index in [1.54, 1.807) is 23.2 Å². The van der Waals surface area contributed by atoms with E-state index in [2.05, 4.69) is 24.5 Å². The third-order valence-corrected chi connectivity index (χ3v) is 4.69. The summed E-state index contributed by atoms with van der Waals surface area (Å²) in [6.07, 6.45) is 0. The summed E-state index contributed by atoms with van der Waals surface area (Å²) in [7, 11) is 3.54. The van der Waals surface area contributed by atoms with Gasteiger partial charge in [0.2, 0.25) is 5.48 Å². The first-order valence-electron chi connectivity index (χ1n) is 8.06. The molecule has 0 amide bonds. The summed E-state index contributed by atoms with van der Waals surface area (Å²) >= 11 is 0. The molecule has 0 aliphatic heterocycles. The topological polar surface area (TPSA) is 72.5 Å². The minimum Gasteiger partial charge on any atom is -0.335 e. The molecule has 0 fully saturated rings. The van der Waals surface area contributed by atoms with E-state index in [1.807, 2.05) is 30.3 Å². The van der Waals surface area contributed by atoms with Crippen LogP contribution in [0.3, 0.4) is 0 Å². The largest absolute Gasteiger partial charge is 0.562 e. The summed E-state index contributed by atoms with van der Waals surface area (Å²) in [5.74, 6) is -0.0824. The molecule has 2 heterocycles. The van der Waals surface area contributed by atoms with E-state index in [9.17, 15) is 5.26 Å². The maximum absolute atomic E-state index is 9.21. The maximum atomic E-state index is 9.21. The van der Waals surface area contributed by atoms with Gasteiger partial charge in [0.05, 0.1) is 34.7 Å². The van der Waals surface area contributed by atoms with E-state index >= 15 is 0 Å². The lowest BCUT2D eigenvalue weighted by Gasteiger charge is -2.04. The van der Waals surface area contributed by atoms with E-state index in [1.165, 1.54) is 0 Å². The minimum absolute atomic E-state index is 0.0656. The van der Waals surface area contributed by atoms with Crippen LogP contribution in [-0.2, 0) is 14.1 Å². The Hall–Kier alpha value is -4.66. The fourth-order valence-corrected chi connectivity index (χ4v) is 3.38. The molecule has 0 N–H and O–H groups in total. The summed E-state index contributed by atoms with van der Waals surface area (Å²) < 4.78 is 3.47. The van der Waals surface area contributed by atoms with Crippen molar-refractivity contribution in [1.29, 1.82) is 5.26 Å². The van der Waals surface area contributed by atoms with Crippen molar-refractivity contribution in [3.63, 3.8) is 0 Å². The van der Waals surface area contributed by atoms with Gasteiger partial charge in [-0.25, -0.2) is 20.1 Å². The van der Waals surface area contributed by atoms with Gasteiger partial charge in [-0.15, -0.1) is 0 Å². The lowest BCUT2D eigenvalue weighted by Crippen LogP contribution is -2.17. The monoisotopic (exact) mass is 362 g/mol. The van der Waals surface area contributed by atoms with Gasteiger partial charge in [0, 0.05) is 19.5 Å². The molecule has 130 valence electrons. The number of fused-ring (bicyclic) bond motifs is 4. The average molecular weight is 362 g/mol. The van der Waals surface area contributed by atoms with Gasteiger partial charge in [0.15, 0.2) is 0 Å². The van der Waals surface area contributed by atoms with Crippen molar-refractivity contribution in [2.75, 3.05) is 0 Å². The van der Waals surface area contributed by atoms with Gasteiger partial charge in [-0.05, 0) is 23.6 Å². The molecule has 0 radical (unpaired) electrons. The van der Waals surface area contributed by atoms with Crippen molar-refractivity contribution >= 4 is 44.4 Å². The molecule has 28 heavy (non-hydrogen) atoms. The molecule has 8 heteroatoms. The number of nitrogens with zero attached hydrogens (tertiary/aromatic N) is 8. The number of hydrogen-bond donors (Lipinski definition) is 0. The number of imidazole rings is 2. The Labute approximate surface area is 158 Å². The highest BCUT2D eigenvalue weighted by Crippen LogP contribution is 2.27. The van der Waals surface area contributed by atoms with Crippen LogP contribution in [0.25, 0.3) is 58.9 Å². The fourth-order valence-electron chi connectivity index (χ4n) is 3.38. The molecule has 0 aliphatic carbocycles. The second-order valence-corrected chi connectivity index (χ2v) is 6.10. The SMILES string of the molecule is [C-]#[N+]C([N+]#[C-])=c1nc2cc3ccc4n/c(=C(\C#N)[N+]#[C-])n(C)c4c3cc2n1C.